The van der Waals surface area contributed by atoms with Crippen LogP contribution in [0.4, 0.5) is 5.69 Å². The van der Waals surface area contributed by atoms with Crippen LogP contribution in [-0.4, -0.2) is 29.7 Å². The molecule has 0 aliphatic carbocycles. The minimum Gasteiger partial charge on any atom is -0.497 e. The van der Waals surface area contributed by atoms with Crippen molar-refractivity contribution in [3.8, 4) is 11.5 Å². The van der Waals surface area contributed by atoms with Crippen LogP contribution in [0.5, 0.6) is 11.5 Å². The third kappa shape index (κ3) is 3.51. The monoisotopic (exact) mass is 431 g/mol. The summed E-state index contributed by atoms with van der Waals surface area (Å²) < 4.78 is 13.3. The van der Waals surface area contributed by atoms with Gasteiger partial charge in [0, 0.05) is 51.4 Å². The van der Waals surface area contributed by atoms with E-state index in [-0.39, 0.29) is 6.04 Å². The number of anilines is 1. The van der Waals surface area contributed by atoms with Gasteiger partial charge in [-0.25, -0.2) is 0 Å². The first-order valence-corrected chi connectivity index (χ1v) is 11.4. The standard InChI is InChI=1S/C25H25N3O2S/c1-4-28-22-8-6-5-7-18(22)20-13-16(9-12-23(20)28)26-25-27-21(15-31-25)19-11-10-17(29-2)14-24(19)30-3/h5-14,21H,4,15H2,1-3H3,(H,26,27). The molecule has 1 unspecified atom stereocenters. The van der Waals surface area contributed by atoms with E-state index in [9.17, 15) is 0 Å². The number of para-hydroxylation sites is 1. The number of hydrogen-bond acceptors (Lipinski definition) is 5. The third-order valence-electron chi connectivity index (χ3n) is 5.79. The van der Waals surface area contributed by atoms with Crippen molar-refractivity contribution in [3.63, 3.8) is 0 Å². The van der Waals surface area contributed by atoms with E-state index in [4.69, 9.17) is 14.5 Å². The first kappa shape index (κ1) is 19.8. The normalized spacial score (nSPS) is 16.0. The van der Waals surface area contributed by atoms with Crippen molar-refractivity contribution in [2.75, 3.05) is 25.3 Å². The third-order valence-corrected chi connectivity index (χ3v) is 6.75. The van der Waals surface area contributed by atoms with Gasteiger partial charge in [0.2, 0.25) is 0 Å². The van der Waals surface area contributed by atoms with Crippen molar-refractivity contribution in [2.45, 2.75) is 19.5 Å². The molecule has 6 heteroatoms. The second kappa shape index (κ2) is 8.19. The van der Waals surface area contributed by atoms with Crippen molar-refractivity contribution in [1.29, 1.82) is 0 Å². The summed E-state index contributed by atoms with van der Waals surface area (Å²) in [5, 5.41) is 7.00. The zero-order valence-electron chi connectivity index (χ0n) is 17.9. The zero-order valence-corrected chi connectivity index (χ0v) is 18.7. The molecule has 2 heterocycles. The number of aromatic nitrogens is 1. The van der Waals surface area contributed by atoms with Gasteiger partial charge in [-0.3, -0.25) is 4.99 Å². The van der Waals surface area contributed by atoms with Gasteiger partial charge in [-0.05, 0) is 43.3 Å². The summed E-state index contributed by atoms with van der Waals surface area (Å²) in [4.78, 5) is 4.92. The number of hydrogen-bond donors (Lipinski definition) is 1. The summed E-state index contributed by atoms with van der Waals surface area (Å²) in [6.07, 6.45) is 0. The highest BCUT2D eigenvalue weighted by Crippen LogP contribution is 2.38. The van der Waals surface area contributed by atoms with E-state index >= 15 is 0 Å². The number of nitrogens with one attached hydrogen (secondary N) is 1. The highest BCUT2D eigenvalue weighted by atomic mass is 32.2. The Hall–Kier alpha value is -3.12. The van der Waals surface area contributed by atoms with Crippen LogP contribution >= 0.6 is 11.8 Å². The van der Waals surface area contributed by atoms with Crippen LogP contribution in [0, 0.1) is 0 Å². The maximum atomic E-state index is 5.57. The van der Waals surface area contributed by atoms with E-state index in [0.717, 1.165) is 40.2 Å². The molecule has 158 valence electrons. The molecule has 1 N–H and O–H groups in total. The predicted molar refractivity (Wildman–Crippen MR) is 131 cm³/mol. The molecule has 3 aromatic carbocycles. The number of thioether (sulfide) groups is 1. The Morgan fingerprint density at radius 1 is 1.00 bits per heavy atom. The summed E-state index contributed by atoms with van der Waals surface area (Å²) in [6.45, 7) is 3.14. The molecule has 5 rings (SSSR count). The first-order chi connectivity index (χ1) is 15.2. The van der Waals surface area contributed by atoms with Gasteiger partial charge < -0.3 is 19.4 Å². The molecule has 0 bridgehead atoms. The Morgan fingerprint density at radius 2 is 1.84 bits per heavy atom. The average molecular weight is 432 g/mol. The lowest BCUT2D eigenvalue weighted by Gasteiger charge is -2.13. The van der Waals surface area contributed by atoms with Crippen molar-refractivity contribution in [1.82, 2.24) is 4.57 Å². The fourth-order valence-corrected chi connectivity index (χ4v) is 5.25. The lowest BCUT2D eigenvalue weighted by atomic mass is 10.1. The van der Waals surface area contributed by atoms with Gasteiger partial charge in [0.05, 0.1) is 20.3 Å². The smallest absolute Gasteiger partial charge is 0.161 e. The molecule has 5 nitrogen and oxygen atoms in total. The van der Waals surface area contributed by atoms with Crippen molar-refractivity contribution in [2.24, 2.45) is 4.99 Å². The minimum absolute atomic E-state index is 0.0547. The number of methoxy groups -OCH3 is 2. The number of rotatable bonds is 5. The van der Waals surface area contributed by atoms with Gasteiger partial charge in [0.1, 0.15) is 11.5 Å². The number of aryl methyl sites for hydroxylation is 1. The molecule has 0 radical (unpaired) electrons. The Labute approximate surface area is 186 Å². The fourth-order valence-electron chi connectivity index (χ4n) is 4.29. The summed E-state index contributed by atoms with van der Waals surface area (Å²) in [5.74, 6) is 2.47. The Balaban J connectivity index is 1.45. The van der Waals surface area contributed by atoms with E-state index in [1.807, 2.05) is 18.2 Å². The minimum atomic E-state index is 0.0547. The number of benzene rings is 3. The Kier molecular flexibility index (Phi) is 5.24. The van der Waals surface area contributed by atoms with Gasteiger partial charge >= 0.3 is 0 Å². The number of ether oxygens (including phenoxy) is 2. The van der Waals surface area contributed by atoms with Gasteiger partial charge in [-0.15, -0.1) is 0 Å². The maximum Gasteiger partial charge on any atom is 0.161 e. The molecule has 0 saturated heterocycles. The fraction of sp³-hybridized carbons (Fsp3) is 0.240. The van der Waals surface area contributed by atoms with Crippen LogP contribution in [0.1, 0.15) is 18.5 Å². The second-order valence-corrected chi connectivity index (χ2v) is 8.50. The molecule has 0 spiro atoms. The SMILES string of the molecule is CCn1c2ccccc2c2cc(NC3=NC(c4ccc(OC)cc4OC)CS3)ccc21. The van der Waals surface area contributed by atoms with Crippen LogP contribution in [-0.2, 0) is 6.54 Å². The van der Waals surface area contributed by atoms with E-state index in [1.54, 1.807) is 26.0 Å². The molecule has 1 atom stereocenters. The summed E-state index contributed by atoms with van der Waals surface area (Å²) in [5.41, 5.74) is 4.67. The van der Waals surface area contributed by atoms with Crippen LogP contribution in [0.3, 0.4) is 0 Å². The summed E-state index contributed by atoms with van der Waals surface area (Å²) in [7, 11) is 3.35. The lowest BCUT2D eigenvalue weighted by molar-refractivity contribution is 0.389. The Bertz CT molecular complexity index is 1290. The molecule has 1 aromatic heterocycles. The topological polar surface area (TPSA) is 47.8 Å². The van der Waals surface area contributed by atoms with E-state index in [2.05, 4.69) is 59.3 Å². The predicted octanol–water partition coefficient (Wildman–Crippen LogP) is 6.09. The highest BCUT2D eigenvalue weighted by molar-refractivity contribution is 8.14. The van der Waals surface area contributed by atoms with Crippen LogP contribution < -0.4 is 14.8 Å². The molecule has 0 amide bonds. The van der Waals surface area contributed by atoms with E-state index < -0.39 is 0 Å². The molecule has 4 aromatic rings. The zero-order chi connectivity index (χ0) is 21.4. The van der Waals surface area contributed by atoms with Crippen molar-refractivity contribution in [3.05, 3.63) is 66.2 Å². The number of nitrogens with zero attached hydrogens (tertiary/aromatic N) is 2. The molecular formula is C25H25N3O2S. The highest BCUT2D eigenvalue weighted by Gasteiger charge is 2.23. The quantitative estimate of drug-likeness (QED) is 0.415. The molecule has 31 heavy (non-hydrogen) atoms. The summed E-state index contributed by atoms with van der Waals surface area (Å²) in [6, 6.07) is 21.1. The number of aliphatic imine (C=N–C) groups is 1. The van der Waals surface area contributed by atoms with Crippen LogP contribution in [0.15, 0.2) is 65.7 Å². The van der Waals surface area contributed by atoms with E-state index in [1.165, 1.54) is 21.8 Å². The largest absolute Gasteiger partial charge is 0.497 e. The van der Waals surface area contributed by atoms with Crippen LogP contribution in [0.25, 0.3) is 21.8 Å². The number of amidine groups is 1. The van der Waals surface area contributed by atoms with Gasteiger partial charge in [0.25, 0.3) is 0 Å². The Morgan fingerprint density at radius 3 is 2.65 bits per heavy atom. The molecule has 0 fully saturated rings. The van der Waals surface area contributed by atoms with Gasteiger partial charge in [-0.2, -0.15) is 0 Å². The van der Waals surface area contributed by atoms with E-state index in [0.29, 0.717) is 0 Å². The molecule has 1 aliphatic rings. The first-order valence-electron chi connectivity index (χ1n) is 10.4. The average Bonchev–Trinajstić information content (AvgIpc) is 3.40. The van der Waals surface area contributed by atoms with Gasteiger partial charge in [0.15, 0.2) is 5.17 Å². The molecule has 0 saturated carbocycles. The van der Waals surface area contributed by atoms with Crippen LogP contribution in [0.2, 0.25) is 0 Å². The lowest BCUT2D eigenvalue weighted by Crippen LogP contribution is -2.04. The number of fused-ring (bicyclic) bond motifs is 3. The maximum absolute atomic E-state index is 5.57. The summed E-state index contributed by atoms with van der Waals surface area (Å²) >= 11 is 1.73. The molecular weight excluding hydrogens is 406 g/mol. The second-order valence-electron chi connectivity index (χ2n) is 7.49. The van der Waals surface area contributed by atoms with Crippen molar-refractivity contribution >= 4 is 44.4 Å². The van der Waals surface area contributed by atoms with Crippen molar-refractivity contribution < 1.29 is 9.47 Å². The molecule has 1 aliphatic heterocycles. The van der Waals surface area contributed by atoms with Gasteiger partial charge in [-0.1, -0.05) is 30.0 Å².